The van der Waals surface area contributed by atoms with Crippen LogP contribution in [0.4, 0.5) is 4.39 Å². The monoisotopic (exact) mass is 384 g/mol. The number of amides is 1. The summed E-state index contributed by atoms with van der Waals surface area (Å²) in [6, 6.07) is 5.34. The topological polar surface area (TPSA) is 86.7 Å². The third-order valence-corrected chi connectivity index (χ3v) is 7.15. The van der Waals surface area contributed by atoms with E-state index in [0.717, 1.165) is 18.9 Å². The van der Waals surface area contributed by atoms with Crippen LogP contribution in [0, 0.1) is 11.7 Å². The smallest absolute Gasteiger partial charge is 0.246 e. The number of nitrogens with one attached hydrogen (secondary N) is 1. The molecule has 1 aliphatic carbocycles. The predicted octanol–water partition coefficient (Wildman–Crippen LogP) is 1.65. The predicted molar refractivity (Wildman–Crippen MR) is 94.3 cm³/mol. The van der Waals surface area contributed by atoms with Crippen LogP contribution in [0.3, 0.4) is 0 Å². The summed E-state index contributed by atoms with van der Waals surface area (Å²) in [7, 11) is -3.95. The Morgan fingerprint density at radius 1 is 1.15 bits per heavy atom. The number of carbonyl (C=O) groups excluding carboxylic acids is 1. The molecule has 1 aliphatic heterocycles. The van der Waals surface area contributed by atoms with Crippen LogP contribution < -0.4 is 5.32 Å². The zero-order valence-corrected chi connectivity index (χ0v) is 15.4. The van der Waals surface area contributed by atoms with Crippen molar-refractivity contribution in [3.8, 4) is 0 Å². The van der Waals surface area contributed by atoms with Crippen LogP contribution in [0.5, 0.6) is 0 Å². The second-order valence-electron chi connectivity index (χ2n) is 7.15. The van der Waals surface area contributed by atoms with E-state index < -0.39 is 21.8 Å². The van der Waals surface area contributed by atoms with E-state index in [2.05, 4.69) is 5.32 Å². The van der Waals surface area contributed by atoms with Gasteiger partial charge in [-0.1, -0.05) is 12.1 Å². The van der Waals surface area contributed by atoms with Crippen molar-refractivity contribution in [3.63, 3.8) is 0 Å². The molecule has 1 aromatic rings. The molecule has 1 heterocycles. The van der Waals surface area contributed by atoms with E-state index in [4.69, 9.17) is 0 Å². The first-order chi connectivity index (χ1) is 12.4. The molecule has 2 aliphatic rings. The third kappa shape index (κ3) is 4.24. The van der Waals surface area contributed by atoms with E-state index in [-0.39, 0.29) is 36.0 Å². The fraction of sp³-hybridized carbons (Fsp3) is 0.611. The molecule has 8 heteroatoms. The maximum Gasteiger partial charge on any atom is 0.246 e. The summed E-state index contributed by atoms with van der Waals surface area (Å²) >= 11 is 0. The summed E-state index contributed by atoms with van der Waals surface area (Å²) < 4.78 is 40.6. The Morgan fingerprint density at radius 3 is 2.54 bits per heavy atom. The van der Waals surface area contributed by atoms with Crippen molar-refractivity contribution in [3.05, 3.63) is 30.1 Å². The highest BCUT2D eigenvalue weighted by Gasteiger charge is 2.35. The Balaban J connectivity index is 1.65. The number of carbonyl (C=O) groups is 1. The molecule has 1 amide bonds. The minimum atomic E-state index is -3.95. The normalized spacial score (nSPS) is 27.8. The van der Waals surface area contributed by atoms with Crippen molar-refractivity contribution < 1.29 is 22.7 Å². The van der Waals surface area contributed by atoms with Gasteiger partial charge in [0.2, 0.25) is 15.9 Å². The number of sulfonamides is 1. The van der Waals surface area contributed by atoms with Crippen molar-refractivity contribution in [1.82, 2.24) is 9.62 Å². The molecule has 144 valence electrons. The number of halogens is 1. The molecular weight excluding hydrogens is 359 g/mol. The quantitative estimate of drug-likeness (QED) is 0.826. The number of nitrogens with zero attached hydrogens (tertiary/aromatic N) is 1. The fourth-order valence-electron chi connectivity index (χ4n) is 3.71. The molecule has 1 saturated heterocycles. The first kappa shape index (κ1) is 19.3. The summed E-state index contributed by atoms with van der Waals surface area (Å²) in [5.41, 5.74) is 0. The number of hydrogen-bond donors (Lipinski definition) is 2. The van der Waals surface area contributed by atoms with E-state index in [1.54, 1.807) is 0 Å². The lowest BCUT2D eigenvalue weighted by Gasteiger charge is -2.33. The average molecular weight is 384 g/mol. The Labute approximate surface area is 153 Å². The highest BCUT2D eigenvalue weighted by atomic mass is 32.2. The number of piperidine rings is 1. The van der Waals surface area contributed by atoms with Gasteiger partial charge in [0.15, 0.2) is 0 Å². The second kappa shape index (κ2) is 8.02. The van der Waals surface area contributed by atoms with Gasteiger partial charge < -0.3 is 10.4 Å². The largest absolute Gasteiger partial charge is 0.393 e. The molecule has 0 bridgehead atoms. The average Bonchev–Trinajstić information content (AvgIpc) is 2.64. The van der Waals surface area contributed by atoms with Gasteiger partial charge in [-0.3, -0.25) is 4.79 Å². The molecule has 0 radical (unpaired) electrons. The minimum absolute atomic E-state index is 0.0319. The van der Waals surface area contributed by atoms with Gasteiger partial charge in [0.05, 0.1) is 12.0 Å². The van der Waals surface area contributed by atoms with Gasteiger partial charge in [-0.2, -0.15) is 4.31 Å². The van der Waals surface area contributed by atoms with Crippen LogP contribution in [-0.2, 0) is 14.8 Å². The van der Waals surface area contributed by atoms with Gasteiger partial charge in [-0.05, 0) is 50.7 Å². The molecule has 0 unspecified atom stereocenters. The molecule has 6 nitrogen and oxygen atoms in total. The summed E-state index contributed by atoms with van der Waals surface area (Å²) in [5, 5.41) is 12.5. The van der Waals surface area contributed by atoms with Crippen LogP contribution in [0.15, 0.2) is 29.2 Å². The summed E-state index contributed by atoms with van der Waals surface area (Å²) in [6.45, 7) is 0.355. The fourth-order valence-corrected chi connectivity index (χ4v) is 5.30. The number of aliphatic hydroxyl groups is 1. The maximum atomic E-state index is 13.9. The first-order valence-corrected chi connectivity index (χ1v) is 10.5. The Hall–Kier alpha value is -1.51. The molecule has 0 spiro atoms. The summed E-state index contributed by atoms with van der Waals surface area (Å²) in [4.78, 5) is 12.2. The molecular formula is C18H25FN2O4S. The zero-order valence-electron chi connectivity index (χ0n) is 14.6. The van der Waals surface area contributed by atoms with Gasteiger partial charge in [0.25, 0.3) is 0 Å². The molecule has 0 aromatic heterocycles. The minimum Gasteiger partial charge on any atom is -0.393 e. The van der Waals surface area contributed by atoms with E-state index in [1.807, 2.05) is 0 Å². The first-order valence-electron chi connectivity index (χ1n) is 9.11. The number of benzene rings is 1. The van der Waals surface area contributed by atoms with E-state index in [0.29, 0.717) is 25.7 Å². The van der Waals surface area contributed by atoms with Crippen molar-refractivity contribution >= 4 is 15.9 Å². The van der Waals surface area contributed by atoms with Gasteiger partial charge in [0.1, 0.15) is 10.7 Å². The molecule has 2 fully saturated rings. The van der Waals surface area contributed by atoms with Crippen LogP contribution >= 0.6 is 0 Å². The standard InChI is InChI=1S/C18H25FN2O4S/c19-16-5-1-2-6-17(16)26(24,25)21-11-3-4-13(12-21)18(23)20-14-7-9-15(22)10-8-14/h1-2,5-6,13-15,22H,3-4,7-12H2,(H,20,23)/t13-,14?,15?/m0/s1. The van der Waals surface area contributed by atoms with E-state index in [1.165, 1.54) is 22.5 Å². The molecule has 1 aromatic carbocycles. The van der Waals surface area contributed by atoms with Crippen molar-refractivity contribution in [2.24, 2.45) is 5.92 Å². The number of rotatable bonds is 4. The Bertz CT molecular complexity index is 747. The zero-order chi connectivity index (χ0) is 18.7. The van der Waals surface area contributed by atoms with Gasteiger partial charge in [0, 0.05) is 19.1 Å². The number of hydrogen-bond acceptors (Lipinski definition) is 4. The molecule has 3 rings (SSSR count). The lowest BCUT2D eigenvalue weighted by molar-refractivity contribution is -0.127. The van der Waals surface area contributed by atoms with Gasteiger partial charge in [-0.25, -0.2) is 12.8 Å². The van der Waals surface area contributed by atoms with Crippen molar-refractivity contribution in [2.45, 2.75) is 55.6 Å². The highest BCUT2D eigenvalue weighted by Crippen LogP contribution is 2.26. The van der Waals surface area contributed by atoms with E-state index in [9.17, 15) is 22.7 Å². The molecule has 26 heavy (non-hydrogen) atoms. The second-order valence-corrected chi connectivity index (χ2v) is 9.05. The Kier molecular flexibility index (Phi) is 5.94. The van der Waals surface area contributed by atoms with E-state index >= 15 is 0 Å². The SMILES string of the molecule is O=C(NC1CCC(O)CC1)[C@H]1CCCN(S(=O)(=O)c2ccccc2F)C1. The molecule has 2 N–H and O–H groups in total. The van der Waals surface area contributed by atoms with Crippen LogP contribution in [0.1, 0.15) is 38.5 Å². The van der Waals surface area contributed by atoms with Crippen molar-refractivity contribution in [1.29, 1.82) is 0 Å². The summed E-state index contributed by atoms with van der Waals surface area (Å²) in [6.07, 6.45) is 3.69. The van der Waals surface area contributed by atoms with Gasteiger partial charge >= 0.3 is 0 Å². The van der Waals surface area contributed by atoms with Gasteiger partial charge in [-0.15, -0.1) is 0 Å². The molecule has 1 atom stereocenters. The lowest BCUT2D eigenvalue weighted by atomic mass is 9.92. The Morgan fingerprint density at radius 2 is 1.85 bits per heavy atom. The van der Waals surface area contributed by atoms with Crippen molar-refractivity contribution in [2.75, 3.05) is 13.1 Å². The highest BCUT2D eigenvalue weighted by molar-refractivity contribution is 7.89. The third-order valence-electron chi connectivity index (χ3n) is 5.25. The molecule has 1 saturated carbocycles. The number of aliphatic hydroxyl groups excluding tert-OH is 1. The van der Waals surface area contributed by atoms with Crippen LogP contribution in [0.25, 0.3) is 0 Å². The maximum absolute atomic E-state index is 13.9. The van der Waals surface area contributed by atoms with Crippen LogP contribution in [-0.4, -0.2) is 49.0 Å². The van der Waals surface area contributed by atoms with Crippen LogP contribution in [0.2, 0.25) is 0 Å². The lowest BCUT2D eigenvalue weighted by Crippen LogP contribution is -2.48. The summed E-state index contributed by atoms with van der Waals surface area (Å²) in [5.74, 6) is -1.36.